The standard InChI is InChI=1S/C11H20N2O/c1-2-10-7-9(1)8-11(10)12-13-3-5-14-6-4-13/h9-12H,1-8H2/t9-,10-,11-/m0/s1. The van der Waals surface area contributed by atoms with Crippen LogP contribution in [0.15, 0.2) is 0 Å². The largest absolute Gasteiger partial charge is 0.379 e. The molecule has 14 heavy (non-hydrogen) atoms. The third-order valence-electron chi connectivity index (χ3n) is 4.10. The third kappa shape index (κ3) is 1.69. The lowest BCUT2D eigenvalue weighted by Gasteiger charge is -2.33. The molecule has 80 valence electrons. The van der Waals surface area contributed by atoms with Gasteiger partial charge in [0.2, 0.25) is 0 Å². The first kappa shape index (κ1) is 9.13. The fourth-order valence-corrected chi connectivity index (χ4v) is 3.33. The molecule has 3 aliphatic rings. The monoisotopic (exact) mass is 196 g/mol. The highest BCUT2D eigenvalue weighted by Gasteiger charge is 2.40. The number of hydrogen-bond acceptors (Lipinski definition) is 3. The van der Waals surface area contributed by atoms with E-state index < -0.39 is 0 Å². The van der Waals surface area contributed by atoms with Crippen LogP contribution in [0.5, 0.6) is 0 Å². The molecule has 3 fully saturated rings. The van der Waals surface area contributed by atoms with Crippen LogP contribution in [0.1, 0.15) is 25.7 Å². The Morgan fingerprint density at radius 3 is 2.57 bits per heavy atom. The molecule has 2 bridgehead atoms. The Morgan fingerprint density at radius 2 is 1.93 bits per heavy atom. The first-order valence-electron chi connectivity index (χ1n) is 6.00. The summed E-state index contributed by atoms with van der Waals surface area (Å²) in [6.45, 7) is 3.92. The summed E-state index contributed by atoms with van der Waals surface area (Å²) in [5.41, 5.74) is 3.70. The molecule has 1 saturated heterocycles. The second-order valence-corrected chi connectivity index (χ2v) is 5.01. The Hall–Kier alpha value is -0.120. The van der Waals surface area contributed by atoms with Gasteiger partial charge >= 0.3 is 0 Å². The fourth-order valence-electron chi connectivity index (χ4n) is 3.33. The fraction of sp³-hybridized carbons (Fsp3) is 1.00. The van der Waals surface area contributed by atoms with Gasteiger partial charge in [-0.25, -0.2) is 5.01 Å². The molecule has 2 saturated carbocycles. The maximum Gasteiger partial charge on any atom is 0.0608 e. The van der Waals surface area contributed by atoms with Crippen LogP contribution in [0.25, 0.3) is 0 Å². The summed E-state index contributed by atoms with van der Waals surface area (Å²) < 4.78 is 5.34. The molecule has 0 aromatic rings. The van der Waals surface area contributed by atoms with Crippen LogP contribution in [0.3, 0.4) is 0 Å². The van der Waals surface area contributed by atoms with Crippen LogP contribution in [-0.4, -0.2) is 37.4 Å². The summed E-state index contributed by atoms with van der Waals surface area (Å²) in [7, 11) is 0. The second kappa shape index (κ2) is 3.80. The summed E-state index contributed by atoms with van der Waals surface area (Å²) in [6, 6.07) is 0.784. The van der Waals surface area contributed by atoms with Crippen molar-refractivity contribution >= 4 is 0 Å². The molecule has 0 aromatic carbocycles. The van der Waals surface area contributed by atoms with Gasteiger partial charge in [-0.3, -0.25) is 5.43 Å². The third-order valence-corrected chi connectivity index (χ3v) is 4.10. The molecular weight excluding hydrogens is 176 g/mol. The van der Waals surface area contributed by atoms with E-state index in [1.54, 1.807) is 0 Å². The number of fused-ring (bicyclic) bond motifs is 2. The molecule has 0 unspecified atom stereocenters. The number of hydrazine groups is 1. The van der Waals surface area contributed by atoms with E-state index in [1.807, 2.05) is 0 Å². The molecule has 0 amide bonds. The average molecular weight is 196 g/mol. The van der Waals surface area contributed by atoms with Crippen molar-refractivity contribution in [2.24, 2.45) is 11.8 Å². The van der Waals surface area contributed by atoms with Crippen molar-refractivity contribution in [3.05, 3.63) is 0 Å². The van der Waals surface area contributed by atoms with E-state index in [-0.39, 0.29) is 0 Å². The minimum atomic E-state index is 0.784. The molecule has 1 aliphatic heterocycles. The predicted octanol–water partition coefficient (Wildman–Crippen LogP) is 1.01. The smallest absolute Gasteiger partial charge is 0.0608 e. The number of nitrogens with zero attached hydrogens (tertiary/aromatic N) is 1. The van der Waals surface area contributed by atoms with E-state index in [4.69, 9.17) is 4.74 Å². The van der Waals surface area contributed by atoms with E-state index in [0.717, 1.165) is 44.2 Å². The molecule has 2 aliphatic carbocycles. The van der Waals surface area contributed by atoms with Gasteiger partial charge in [0.1, 0.15) is 0 Å². The lowest BCUT2D eigenvalue weighted by molar-refractivity contribution is -0.00145. The van der Waals surface area contributed by atoms with Crippen molar-refractivity contribution in [2.75, 3.05) is 26.3 Å². The summed E-state index contributed by atoms with van der Waals surface area (Å²) in [5, 5.41) is 2.37. The Kier molecular flexibility index (Phi) is 2.48. The highest BCUT2D eigenvalue weighted by Crippen LogP contribution is 2.44. The van der Waals surface area contributed by atoms with Crippen LogP contribution in [0, 0.1) is 11.8 Å². The van der Waals surface area contributed by atoms with Crippen LogP contribution >= 0.6 is 0 Å². The summed E-state index contributed by atoms with van der Waals surface area (Å²) >= 11 is 0. The zero-order chi connectivity index (χ0) is 9.38. The lowest BCUT2D eigenvalue weighted by atomic mass is 9.96. The molecule has 0 radical (unpaired) electrons. The van der Waals surface area contributed by atoms with Gasteiger partial charge in [-0.2, -0.15) is 0 Å². The van der Waals surface area contributed by atoms with E-state index in [1.165, 1.54) is 25.7 Å². The zero-order valence-corrected chi connectivity index (χ0v) is 8.74. The van der Waals surface area contributed by atoms with Gasteiger partial charge in [0, 0.05) is 19.1 Å². The quantitative estimate of drug-likeness (QED) is 0.713. The highest BCUT2D eigenvalue weighted by molar-refractivity contribution is 4.93. The topological polar surface area (TPSA) is 24.5 Å². The van der Waals surface area contributed by atoms with Crippen LogP contribution in [-0.2, 0) is 4.74 Å². The number of ether oxygens (including phenoxy) is 1. The van der Waals surface area contributed by atoms with Gasteiger partial charge in [-0.1, -0.05) is 6.42 Å². The molecule has 3 atom stereocenters. The number of hydrogen-bond donors (Lipinski definition) is 1. The number of morpholine rings is 1. The van der Waals surface area contributed by atoms with E-state index in [2.05, 4.69) is 10.4 Å². The summed E-state index contributed by atoms with van der Waals surface area (Å²) in [4.78, 5) is 0. The minimum absolute atomic E-state index is 0.784. The summed E-state index contributed by atoms with van der Waals surface area (Å²) in [6.07, 6.45) is 5.86. The van der Waals surface area contributed by atoms with Gasteiger partial charge in [0.25, 0.3) is 0 Å². The normalized spacial score (nSPS) is 43.3. The molecule has 1 N–H and O–H groups in total. The first-order valence-corrected chi connectivity index (χ1v) is 6.00. The SMILES string of the molecule is C1CN(N[C@H]2C[C@H]3CC[C@H]2C3)CCO1. The van der Waals surface area contributed by atoms with Gasteiger partial charge in [-0.15, -0.1) is 0 Å². The minimum Gasteiger partial charge on any atom is -0.379 e. The molecule has 3 heteroatoms. The van der Waals surface area contributed by atoms with Gasteiger partial charge in [0.15, 0.2) is 0 Å². The van der Waals surface area contributed by atoms with Gasteiger partial charge < -0.3 is 4.74 Å². The molecule has 1 heterocycles. The molecule has 3 rings (SSSR count). The van der Waals surface area contributed by atoms with Crippen LogP contribution < -0.4 is 5.43 Å². The van der Waals surface area contributed by atoms with E-state index >= 15 is 0 Å². The number of nitrogens with one attached hydrogen (secondary N) is 1. The van der Waals surface area contributed by atoms with Gasteiger partial charge in [0.05, 0.1) is 13.2 Å². The second-order valence-electron chi connectivity index (χ2n) is 5.01. The predicted molar refractivity (Wildman–Crippen MR) is 54.8 cm³/mol. The first-order chi connectivity index (χ1) is 6.92. The summed E-state index contributed by atoms with van der Waals surface area (Å²) in [5.74, 6) is 2.02. The number of rotatable bonds is 2. The Morgan fingerprint density at radius 1 is 1.07 bits per heavy atom. The van der Waals surface area contributed by atoms with Crippen molar-refractivity contribution in [1.29, 1.82) is 0 Å². The molecule has 3 nitrogen and oxygen atoms in total. The maximum atomic E-state index is 5.34. The maximum absolute atomic E-state index is 5.34. The van der Waals surface area contributed by atoms with Crippen molar-refractivity contribution in [1.82, 2.24) is 10.4 Å². The average Bonchev–Trinajstić information content (AvgIpc) is 2.81. The van der Waals surface area contributed by atoms with Crippen molar-refractivity contribution in [3.8, 4) is 0 Å². The van der Waals surface area contributed by atoms with Crippen LogP contribution in [0.4, 0.5) is 0 Å². The molecule has 0 spiro atoms. The molecule has 0 aromatic heterocycles. The Bertz CT molecular complexity index is 203. The van der Waals surface area contributed by atoms with Crippen molar-refractivity contribution in [2.45, 2.75) is 31.7 Å². The van der Waals surface area contributed by atoms with Crippen LogP contribution in [0.2, 0.25) is 0 Å². The van der Waals surface area contributed by atoms with E-state index in [9.17, 15) is 0 Å². The molecular formula is C11H20N2O. The lowest BCUT2D eigenvalue weighted by Crippen LogP contribution is -2.51. The zero-order valence-electron chi connectivity index (χ0n) is 8.74. The Balaban J connectivity index is 1.52. The Labute approximate surface area is 85.8 Å². The van der Waals surface area contributed by atoms with Crippen molar-refractivity contribution in [3.63, 3.8) is 0 Å². The van der Waals surface area contributed by atoms with Crippen molar-refractivity contribution < 1.29 is 4.74 Å². The van der Waals surface area contributed by atoms with Gasteiger partial charge in [-0.05, 0) is 31.1 Å². The van der Waals surface area contributed by atoms with E-state index in [0.29, 0.717) is 0 Å². The highest BCUT2D eigenvalue weighted by atomic mass is 16.5.